The second kappa shape index (κ2) is 5.30. The van der Waals surface area contributed by atoms with Crippen molar-refractivity contribution >= 4 is 11.3 Å². The highest BCUT2D eigenvalue weighted by Gasteiger charge is 2.28. The number of aromatic nitrogens is 1. The standard InChI is InChI=1S/C15H26N2S/c1-10(2)8-12-13(9-16-15(3,4)5)18-14(17-12)11-6-7-11/h10-11,16H,6-9H2,1-5H3. The smallest absolute Gasteiger partial charge is 0.0962 e. The summed E-state index contributed by atoms with van der Waals surface area (Å²) in [5.74, 6) is 1.47. The molecule has 0 unspecified atom stereocenters. The third-order valence-corrected chi connectivity index (χ3v) is 4.36. The lowest BCUT2D eigenvalue weighted by Gasteiger charge is -2.20. The van der Waals surface area contributed by atoms with Crippen molar-refractivity contribution in [2.24, 2.45) is 5.92 Å². The molecule has 18 heavy (non-hydrogen) atoms. The summed E-state index contributed by atoms with van der Waals surface area (Å²) in [7, 11) is 0. The van der Waals surface area contributed by atoms with E-state index in [0.717, 1.165) is 18.9 Å². The van der Waals surface area contributed by atoms with Crippen LogP contribution in [0.4, 0.5) is 0 Å². The van der Waals surface area contributed by atoms with E-state index in [1.165, 1.54) is 28.4 Å². The Bertz CT molecular complexity index is 397. The quantitative estimate of drug-likeness (QED) is 0.867. The number of rotatable bonds is 5. The molecule has 0 amide bonds. The van der Waals surface area contributed by atoms with Gasteiger partial charge in [-0.05, 0) is 46.0 Å². The van der Waals surface area contributed by atoms with Crippen LogP contribution >= 0.6 is 11.3 Å². The molecule has 102 valence electrons. The number of nitrogens with one attached hydrogen (secondary N) is 1. The lowest BCUT2D eigenvalue weighted by molar-refractivity contribution is 0.425. The van der Waals surface area contributed by atoms with Crippen molar-refractivity contribution in [1.29, 1.82) is 0 Å². The van der Waals surface area contributed by atoms with Crippen LogP contribution in [0.15, 0.2) is 0 Å². The Balaban J connectivity index is 2.09. The minimum absolute atomic E-state index is 0.179. The normalized spacial score (nSPS) is 16.6. The highest BCUT2D eigenvalue weighted by atomic mass is 32.1. The van der Waals surface area contributed by atoms with Gasteiger partial charge in [-0.15, -0.1) is 11.3 Å². The second-order valence-corrected chi connectivity index (χ2v) is 8.01. The third kappa shape index (κ3) is 4.06. The summed E-state index contributed by atoms with van der Waals surface area (Å²) >= 11 is 1.94. The maximum absolute atomic E-state index is 4.89. The summed E-state index contributed by atoms with van der Waals surface area (Å²) < 4.78 is 0. The molecule has 1 aromatic rings. The van der Waals surface area contributed by atoms with Crippen molar-refractivity contribution < 1.29 is 0 Å². The van der Waals surface area contributed by atoms with Gasteiger partial charge in [0.05, 0.1) is 10.7 Å². The van der Waals surface area contributed by atoms with Gasteiger partial charge in [0.2, 0.25) is 0 Å². The largest absolute Gasteiger partial charge is 0.307 e. The Labute approximate surface area is 115 Å². The molecule has 0 spiro atoms. The molecular weight excluding hydrogens is 240 g/mol. The molecule has 0 saturated heterocycles. The van der Waals surface area contributed by atoms with Crippen molar-refractivity contribution in [1.82, 2.24) is 10.3 Å². The summed E-state index contributed by atoms with van der Waals surface area (Å²) in [5, 5.41) is 4.98. The molecule has 1 aromatic heterocycles. The summed E-state index contributed by atoms with van der Waals surface area (Å²) in [6.07, 6.45) is 3.81. The molecule has 1 aliphatic rings. The van der Waals surface area contributed by atoms with E-state index in [-0.39, 0.29) is 5.54 Å². The fraction of sp³-hybridized carbons (Fsp3) is 0.800. The first-order chi connectivity index (χ1) is 8.35. The number of hydrogen-bond acceptors (Lipinski definition) is 3. The average Bonchev–Trinajstić information content (AvgIpc) is 2.98. The first-order valence-electron chi connectivity index (χ1n) is 7.08. The minimum atomic E-state index is 0.179. The molecule has 0 bridgehead atoms. The predicted octanol–water partition coefficient (Wildman–Crippen LogP) is 4.11. The molecule has 1 saturated carbocycles. The first-order valence-corrected chi connectivity index (χ1v) is 7.90. The molecular formula is C15H26N2S. The van der Waals surface area contributed by atoms with Gasteiger partial charge in [0, 0.05) is 22.9 Å². The van der Waals surface area contributed by atoms with Crippen molar-refractivity contribution in [3.05, 3.63) is 15.6 Å². The van der Waals surface area contributed by atoms with Crippen LogP contribution in [-0.2, 0) is 13.0 Å². The van der Waals surface area contributed by atoms with Crippen molar-refractivity contribution in [2.45, 2.75) is 71.9 Å². The lowest BCUT2D eigenvalue weighted by atomic mass is 10.1. The van der Waals surface area contributed by atoms with Crippen LogP contribution in [0.2, 0.25) is 0 Å². The van der Waals surface area contributed by atoms with E-state index in [1.54, 1.807) is 0 Å². The SMILES string of the molecule is CC(C)Cc1nc(C2CC2)sc1CNC(C)(C)C. The van der Waals surface area contributed by atoms with Crippen molar-refractivity contribution in [2.75, 3.05) is 0 Å². The second-order valence-electron chi connectivity index (χ2n) is 6.90. The molecule has 0 radical (unpaired) electrons. The fourth-order valence-electron chi connectivity index (χ4n) is 1.94. The molecule has 0 aromatic carbocycles. The molecule has 1 fully saturated rings. The minimum Gasteiger partial charge on any atom is -0.307 e. The van der Waals surface area contributed by atoms with Gasteiger partial charge in [0.15, 0.2) is 0 Å². The van der Waals surface area contributed by atoms with Crippen molar-refractivity contribution in [3.8, 4) is 0 Å². The topological polar surface area (TPSA) is 24.9 Å². The molecule has 2 rings (SSSR count). The van der Waals surface area contributed by atoms with E-state index in [2.05, 4.69) is 39.9 Å². The summed E-state index contributed by atoms with van der Waals surface area (Å²) in [5.41, 5.74) is 1.52. The van der Waals surface area contributed by atoms with Gasteiger partial charge in [-0.25, -0.2) is 4.98 Å². The molecule has 2 nitrogen and oxygen atoms in total. The zero-order valence-electron chi connectivity index (χ0n) is 12.3. The maximum atomic E-state index is 4.89. The Hall–Kier alpha value is -0.410. The van der Waals surface area contributed by atoms with Crippen LogP contribution < -0.4 is 5.32 Å². The van der Waals surface area contributed by atoms with Gasteiger partial charge in [-0.3, -0.25) is 0 Å². The summed E-state index contributed by atoms with van der Waals surface area (Å²) in [4.78, 5) is 6.35. The van der Waals surface area contributed by atoms with Gasteiger partial charge in [-0.1, -0.05) is 13.8 Å². The highest BCUT2D eigenvalue weighted by Crippen LogP contribution is 2.42. The highest BCUT2D eigenvalue weighted by molar-refractivity contribution is 7.11. The average molecular weight is 266 g/mol. The fourth-order valence-corrected chi connectivity index (χ4v) is 3.14. The van der Waals surface area contributed by atoms with Crippen LogP contribution in [0, 0.1) is 5.92 Å². The predicted molar refractivity (Wildman–Crippen MR) is 79.2 cm³/mol. The van der Waals surface area contributed by atoms with Gasteiger partial charge in [-0.2, -0.15) is 0 Å². The van der Waals surface area contributed by atoms with E-state index in [4.69, 9.17) is 4.98 Å². The molecule has 1 aliphatic carbocycles. The van der Waals surface area contributed by atoms with Crippen LogP contribution in [0.3, 0.4) is 0 Å². The molecule has 3 heteroatoms. The zero-order valence-corrected chi connectivity index (χ0v) is 13.2. The van der Waals surface area contributed by atoms with Gasteiger partial charge in [0.25, 0.3) is 0 Å². The van der Waals surface area contributed by atoms with Crippen LogP contribution in [0.25, 0.3) is 0 Å². The van der Waals surface area contributed by atoms with E-state index >= 15 is 0 Å². The first kappa shape index (κ1) is 14.0. The molecule has 0 aliphatic heterocycles. The number of nitrogens with zero attached hydrogens (tertiary/aromatic N) is 1. The Morgan fingerprint density at radius 3 is 2.50 bits per heavy atom. The summed E-state index contributed by atoms with van der Waals surface area (Å²) in [6, 6.07) is 0. The zero-order chi connectivity index (χ0) is 13.3. The third-order valence-electron chi connectivity index (χ3n) is 3.10. The Morgan fingerprint density at radius 2 is 2.00 bits per heavy atom. The van der Waals surface area contributed by atoms with Crippen molar-refractivity contribution in [3.63, 3.8) is 0 Å². The maximum Gasteiger partial charge on any atom is 0.0962 e. The molecule has 0 atom stereocenters. The lowest BCUT2D eigenvalue weighted by Crippen LogP contribution is -2.35. The van der Waals surface area contributed by atoms with Crippen LogP contribution in [0.1, 0.15) is 69.0 Å². The van der Waals surface area contributed by atoms with Gasteiger partial charge in [0.1, 0.15) is 0 Å². The Kier molecular flexibility index (Phi) is 4.12. The van der Waals surface area contributed by atoms with Gasteiger partial charge >= 0.3 is 0 Å². The molecule has 1 N–H and O–H groups in total. The van der Waals surface area contributed by atoms with Crippen LogP contribution in [0.5, 0.6) is 0 Å². The molecule has 1 heterocycles. The van der Waals surface area contributed by atoms with E-state index < -0.39 is 0 Å². The number of thiazole rings is 1. The van der Waals surface area contributed by atoms with Gasteiger partial charge < -0.3 is 5.32 Å². The van der Waals surface area contributed by atoms with Crippen LogP contribution in [-0.4, -0.2) is 10.5 Å². The monoisotopic (exact) mass is 266 g/mol. The van der Waals surface area contributed by atoms with E-state index in [9.17, 15) is 0 Å². The summed E-state index contributed by atoms with van der Waals surface area (Å²) in [6.45, 7) is 12.2. The van der Waals surface area contributed by atoms with E-state index in [1.807, 2.05) is 11.3 Å². The van der Waals surface area contributed by atoms with E-state index in [0.29, 0.717) is 5.92 Å². The number of hydrogen-bond donors (Lipinski definition) is 1. The Morgan fingerprint density at radius 1 is 1.33 bits per heavy atom.